The summed E-state index contributed by atoms with van der Waals surface area (Å²) in [4.78, 5) is 0. The molecule has 0 heterocycles. The van der Waals surface area contributed by atoms with E-state index in [2.05, 4.69) is 0 Å². The maximum Gasteiger partial charge on any atom is 0.203 e. The lowest BCUT2D eigenvalue weighted by Crippen LogP contribution is -2.11. The first-order chi connectivity index (χ1) is 7.13. The predicted octanol–water partition coefficient (Wildman–Crippen LogP) is 0.401. The molecular formula is C10H15NO4. The first kappa shape index (κ1) is 11.6. The molecule has 0 saturated heterocycles. The van der Waals surface area contributed by atoms with Crippen LogP contribution in [0.5, 0.6) is 17.2 Å². The molecular weight excluding hydrogens is 198 g/mol. The third-order valence-electron chi connectivity index (χ3n) is 2.09. The average molecular weight is 213 g/mol. The van der Waals surface area contributed by atoms with Crippen LogP contribution in [0, 0.1) is 0 Å². The van der Waals surface area contributed by atoms with Gasteiger partial charge >= 0.3 is 0 Å². The predicted molar refractivity (Wildman–Crippen MR) is 55.2 cm³/mol. The van der Waals surface area contributed by atoms with E-state index >= 15 is 0 Å². The Labute approximate surface area is 88.0 Å². The largest absolute Gasteiger partial charge is 0.504 e. The molecule has 0 spiro atoms. The summed E-state index contributed by atoms with van der Waals surface area (Å²) in [5.74, 6) is 0.518. The van der Waals surface area contributed by atoms with Crippen molar-refractivity contribution in [1.82, 2.24) is 0 Å². The lowest BCUT2D eigenvalue weighted by Gasteiger charge is -2.14. The number of rotatable bonds is 4. The van der Waals surface area contributed by atoms with Crippen molar-refractivity contribution in [2.75, 3.05) is 20.8 Å². The molecule has 0 aliphatic carbocycles. The van der Waals surface area contributed by atoms with E-state index in [0.717, 1.165) is 0 Å². The summed E-state index contributed by atoms with van der Waals surface area (Å²) in [7, 11) is 2.88. The Morgan fingerprint density at radius 1 is 1.33 bits per heavy atom. The van der Waals surface area contributed by atoms with E-state index in [1.54, 1.807) is 6.07 Å². The van der Waals surface area contributed by atoms with E-state index in [1.165, 1.54) is 20.3 Å². The van der Waals surface area contributed by atoms with Crippen molar-refractivity contribution in [3.05, 3.63) is 17.7 Å². The minimum atomic E-state index is -0.823. The van der Waals surface area contributed by atoms with Crippen molar-refractivity contribution in [3.8, 4) is 17.2 Å². The van der Waals surface area contributed by atoms with Crippen molar-refractivity contribution in [2.45, 2.75) is 6.10 Å². The van der Waals surface area contributed by atoms with Gasteiger partial charge in [0.2, 0.25) is 5.75 Å². The minimum absolute atomic E-state index is 0.0783. The van der Waals surface area contributed by atoms with E-state index in [-0.39, 0.29) is 18.0 Å². The van der Waals surface area contributed by atoms with Crippen LogP contribution in [0.3, 0.4) is 0 Å². The van der Waals surface area contributed by atoms with Crippen molar-refractivity contribution >= 4 is 0 Å². The summed E-state index contributed by atoms with van der Waals surface area (Å²) in [6.45, 7) is 0.0783. The lowest BCUT2D eigenvalue weighted by atomic mass is 10.1. The summed E-state index contributed by atoms with van der Waals surface area (Å²) >= 11 is 0. The molecule has 0 fully saturated rings. The number of phenolic OH excluding ortho intramolecular Hbond substituents is 1. The standard InChI is InChI=1S/C10H15NO4/c1-14-9-4-6(8(13)5-11)3-7(12)10(9)15-2/h3-4,8,12-13H,5,11H2,1-2H3. The molecule has 15 heavy (non-hydrogen) atoms. The van der Waals surface area contributed by atoms with Crippen LogP contribution >= 0.6 is 0 Å². The fourth-order valence-corrected chi connectivity index (χ4v) is 1.29. The third-order valence-corrected chi connectivity index (χ3v) is 2.09. The highest BCUT2D eigenvalue weighted by Gasteiger charge is 2.15. The molecule has 5 heteroatoms. The van der Waals surface area contributed by atoms with E-state index in [0.29, 0.717) is 11.3 Å². The molecule has 0 aliphatic rings. The van der Waals surface area contributed by atoms with Crippen LogP contribution in [0.4, 0.5) is 0 Å². The summed E-state index contributed by atoms with van der Waals surface area (Å²) in [6.07, 6.45) is -0.823. The monoisotopic (exact) mass is 213 g/mol. The molecule has 0 amide bonds. The second kappa shape index (κ2) is 4.86. The van der Waals surface area contributed by atoms with Gasteiger partial charge in [-0.25, -0.2) is 0 Å². The van der Waals surface area contributed by atoms with Gasteiger partial charge in [0, 0.05) is 6.54 Å². The van der Waals surface area contributed by atoms with Gasteiger partial charge in [0.15, 0.2) is 11.5 Å². The fraction of sp³-hybridized carbons (Fsp3) is 0.400. The molecule has 1 aromatic carbocycles. The van der Waals surface area contributed by atoms with E-state index < -0.39 is 6.10 Å². The van der Waals surface area contributed by atoms with Crippen LogP contribution < -0.4 is 15.2 Å². The highest BCUT2D eigenvalue weighted by Crippen LogP contribution is 2.38. The fourth-order valence-electron chi connectivity index (χ4n) is 1.29. The second-order valence-corrected chi connectivity index (χ2v) is 3.03. The molecule has 0 aliphatic heterocycles. The van der Waals surface area contributed by atoms with Gasteiger partial charge < -0.3 is 25.4 Å². The zero-order chi connectivity index (χ0) is 11.4. The van der Waals surface area contributed by atoms with Gasteiger partial charge in [-0.3, -0.25) is 0 Å². The number of aliphatic hydroxyl groups excluding tert-OH is 1. The highest BCUT2D eigenvalue weighted by atomic mass is 16.5. The summed E-state index contributed by atoms with van der Waals surface area (Å²) in [6, 6.07) is 2.98. The number of phenols is 1. The van der Waals surface area contributed by atoms with Crippen LogP contribution in [0.15, 0.2) is 12.1 Å². The maximum atomic E-state index is 9.59. The topological polar surface area (TPSA) is 84.9 Å². The van der Waals surface area contributed by atoms with E-state index in [9.17, 15) is 10.2 Å². The Balaban J connectivity index is 3.19. The Morgan fingerprint density at radius 3 is 2.47 bits per heavy atom. The van der Waals surface area contributed by atoms with Crippen LogP contribution in [0.1, 0.15) is 11.7 Å². The van der Waals surface area contributed by atoms with Gasteiger partial charge in [-0.15, -0.1) is 0 Å². The number of methoxy groups -OCH3 is 2. The summed E-state index contributed by atoms with van der Waals surface area (Å²) in [5, 5.41) is 19.1. The molecule has 5 nitrogen and oxygen atoms in total. The van der Waals surface area contributed by atoms with Crippen LogP contribution in [0.25, 0.3) is 0 Å². The number of hydrogen-bond acceptors (Lipinski definition) is 5. The number of aromatic hydroxyl groups is 1. The number of aliphatic hydroxyl groups is 1. The Bertz CT molecular complexity index is 340. The molecule has 0 bridgehead atoms. The molecule has 4 N–H and O–H groups in total. The SMILES string of the molecule is COc1cc(C(O)CN)cc(O)c1OC. The van der Waals surface area contributed by atoms with Gasteiger partial charge in [-0.2, -0.15) is 0 Å². The Kier molecular flexibility index (Phi) is 3.76. The summed E-state index contributed by atoms with van der Waals surface area (Å²) < 4.78 is 9.96. The smallest absolute Gasteiger partial charge is 0.203 e. The highest BCUT2D eigenvalue weighted by molar-refractivity contribution is 5.53. The van der Waals surface area contributed by atoms with Crippen LogP contribution in [-0.4, -0.2) is 31.0 Å². The van der Waals surface area contributed by atoms with Gasteiger partial charge in [0.25, 0.3) is 0 Å². The first-order valence-electron chi connectivity index (χ1n) is 4.47. The van der Waals surface area contributed by atoms with Crippen molar-refractivity contribution in [3.63, 3.8) is 0 Å². The van der Waals surface area contributed by atoms with Crippen molar-refractivity contribution < 1.29 is 19.7 Å². The van der Waals surface area contributed by atoms with Gasteiger partial charge in [0.1, 0.15) is 0 Å². The van der Waals surface area contributed by atoms with Crippen LogP contribution in [0.2, 0.25) is 0 Å². The molecule has 1 atom stereocenters. The third kappa shape index (κ3) is 2.31. The molecule has 1 aromatic rings. The zero-order valence-electron chi connectivity index (χ0n) is 8.73. The zero-order valence-corrected chi connectivity index (χ0v) is 8.73. The molecule has 0 aromatic heterocycles. The van der Waals surface area contributed by atoms with E-state index in [1.807, 2.05) is 0 Å². The molecule has 0 saturated carbocycles. The van der Waals surface area contributed by atoms with Gasteiger partial charge in [0.05, 0.1) is 20.3 Å². The number of benzene rings is 1. The summed E-state index contributed by atoms with van der Waals surface area (Å²) in [5.41, 5.74) is 5.81. The van der Waals surface area contributed by atoms with Crippen LogP contribution in [-0.2, 0) is 0 Å². The molecule has 1 rings (SSSR count). The molecule has 0 radical (unpaired) electrons. The maximum absolute atomic E-state index is 9.59. The molecule has 84 valence electrons. The Morgan fingerprint density at radius 2 is 2.00 bits per heavy atom. The lowest BCUT2D eigenvalue weighted by molar-refractivity contribution is 0.185. The normalized spacial score (nSPS) is 12.3. The number of hydrogen-bond donors (Lipinski definition) is 3. The number of nitrogens with two attached hydrogens (primary N) is 1. The van der Waals surface area contributed by atoms with E-state index in [4.69, 9.17) is 15.2 Å². The minimum Gasteiger partial charge on any atom is -0.504 e. The average Bonchev–Trinajstić information content (AvgIpc) is 2.26. The Hall–Kier alpha value is -1.46. The van der Waals surface area contributed by atoms with Crippen molar-refractivity contribution in [1.29, 1.82) is 0 Å². The molecule has 1 unspecified atom stereocenters. The quantitative estimate of drug-likeness (QED) is 0.674. The van der Waals surface area contributed by atoms with Gasteiger partial charge in [-0.05, 0) is 17.7 Å². The van der Waals surface area contributed by atoms with Gasteiger partial charge in [-0.1, -0.05) is 0 Å². The second-order valence-electron chi connectivity index (χ2n) is 3.03. The van der Waals surface area contributed by atoms with Crippen molar-refractivity contribution in [2.24, 2.45) is 5.73 Å². The number of ether oxygens (including phenoxy) is 2. The first-order valence-corrected chi connectivity index (χ1v) is 4.47.